The first kappa shape index (κ1) is 15.6. The third-order valence-electron chi connectivity index (χ3n) is 4.17. The molecular formula is C15H28N2O3. The van der Waals surface area contributed by atoms with Gasteiger partial charge in [-0.15, -0.1) is 0 Å². The second-order valence-corrected chi connectivity index (χ2v) is 6.83. The van der Waals surface area contributed by atoms with Gasteiger partial charge < -0.3 is 14.4 Å². The maximum atomic E-state index is 12.0. The van der Waals surface area contributed by atoms with E-state index in [2.05, 4.69) is 4.90 Å². The number of carbonyl (C=O) groups is 1. The maximum Gasteiger partial charge on any atom is 0.410 e. The summed E-state index contributed by atoms with van der Waals surface area (Å²) in [6, 6.07) is 0.626. The molecule has 1 aliphatic heterocycles. The number of hydrogen-bond acceptors (Lipinski definition) is 4. The minimum absolute atomic E-state index is 0.182. The van der Waals surface area contributed by atoms with E-state index in [-0.39, 0.29) is 6.09 Å². The van der Waals surface area contributed by atoms with E-state index in [1.54, 1.807) is 7.11 Å². The van der Waals surface area contributed by atoms with Crippen molar-refractivity contribution in [3.8, 4) is 0 Å². The van der Waals surface area contributed by atoms with Crippen molar-refractivity contribution in [3.63, 3.8) is 0 Å². The lowest BCUT2D eigenvalue weighted by atomic mass is 10.2. The first-order valence-corrected chi connectivity index (χ1v) is 7.64. The van der Waals surface area contributed by atoms with Crippen LogP contribution < -0.4 is 0 Å². The summed E-state index contributed by atoms with van der Waals surface area (Å²) in [5.74, 6) is 0. The molecule has 5 nitrogen and oxygen atoms in total. The third-order valence-corrected chi connectivity index (χ3v) is 4.17. The summed E-state index contributed by atoms with van der Waals surface area (Å²) in [6.45, 7) is 9.15. The molecule has 0 radical (unpaired) electrons. The second-order valence-electron chi connectivity index (χ2n) is 6.83. The fraction of sp³-hybridized carbons (Fsp3) is 0.933. The molecule has 0 aromatic carbocycles. The average Bonchev–Trinajstić information content (AvgIpc) is 2.85. The van der Waals surface area contributed by atoms with Gasteiger partial charge in [-0.25, -0.2) is 4.79 Å². The van der Waals surface area contributed by atoms with Crippen LogP contribution in [0.1, 0.15) is 40.0 Å². The van der Waals surface area contributed by atoms with Gasteiger partial charge in [-0.1, -0.05) is 0 Å². The van der Waals surface area contributed by atoms with Crippen LogP contribution in [0.2, 0.25) is 0 Å². The lowest BCUT2D eigenvalue weighted by molar-refractivity contribution is 0.00946. The number of piperazine rings is 1. The zero-order valence-corrected chi connectivity index (χ0v) is 13.2. The molecule has 1 amide bonds. The number of amides is 1. The molecule has 2 rings (SSSR count). The predicted octanol–water partition coefficient (Wildman–Crippen LogP) is 2.11. The molecule has 0 aromatic heterocycles. The fourth-order valence-electron chi connectivity index (χ4n) is 3.06. The van der Waals surface area contributed by atoms with Crippen LogP contribution in [0.15, 0.2) is 0 Å². The van der Waals surface area contributed by atoms with Gasteiger partial charge in [0.1, 0.15) is 5.60 Å². The lowest BCUT2D eigenvalue weighted by Gasteiger charge is -2.38. The smallest absolute Gasteiger partial charge is 0.410 e. The van der Waals surface area contributed by atoms with Crippen molar-refractivity contribution in [2.45, 2.75) is 57.8 Å². The van der Waals surface area contributed by atoms with Crippen LogP contribution in [-0.2, 0) is 9.47 Å². The number of nitrogens with zero attached hydrogens (tertiary/aromatic N) is 2. The van der Waals surface area contributed by atoms with Gasteiger partial charge in [0.05, 0.1) is 6.10 Å². The molecule has 5 heteroatoms. The van der Waals surface area contributed by atoms with Crippen LogP contribution in [-0.4, -0.2) is 66.9 Å². The number of ether oxygens (including phenoxy) is 2. The van der Waals surface area contributed by atoms with Gasteiger partial charge in [0.15, 0.2) is 0 Å². The van der Waals surface area contributed by atoms with Gasteiger partial charge in [-0.3, -0.25) is 4.90 Å². The molecule has 1 heterocycles. The van der Waals surface area contributed by atoms with Gasteiger partial charge in [0.25, 0.3) is 0 Å². The highest BCUT2D eigenvalue weighted by molar-refractivity contribution is 5.68. The van der Waals surface area contributed by atoms with E-state index in [1.807, 2.05) is 25.7 Å². The van der Waals surface area contributed by atoms with E-state index in [4.69, 9.17) is 9.47 Å². The van der Waals surface area contributed by atoms with Crippen LogP contribution in [0.5, 0.6) is 0 Å². The minimum atomic E-state index is -0.411. The molecule has 2 fully saturated rings. The van der Waals surface area contributed by atoms with Crippen LogP contribution in [0.25, 0.3) is 0 Å². The van der Waals surface area contributed by atoms with Crippen molar-refractivity contribution in [1.29, 1.82) is 0 Å². The molecule has 0 spiro atoms. The molecule has 116 valence electrons. The van der Waals surface area contributed by atoms with Crippen molar-refractivity contribution < 1.29 is 14.3 Å². The molecule has 1 aliphatic carbocycles. The summed E-state index contributed by atoms with van der Waals surface area (Å²) >= 11 is 0. The number of methoxy groups -OCH3 is 1. The highest BCUT2D eigenvalue weighted by Crippen LogP contribution is 2.27. The molecule has 0 bridgehead atoms. The van der Waals surface area contributed by atoms with E-state index < -0.39 is 5.60 Å². The van der Waals surface area contributed by atoms with Gasteiger partial charge in [-0.05, 0) is 40.0 Å². The molecule has 2 atom stereocenters. The highest BCUT2D eigenvalue weighted by atomic mass is 16.6. The zero-order valence-electron chi connectivity index (χ0n) is 13.2. The standard InChI is InChI=1S/C15H28N2O3/c1-15(2,3)20-14(18)17-9-7-16(8-10-17)12-5-6-13(11-12)19-4/h12-13H,5-11H2,1-4H3. The van der Waals surface area contributed by atoms with Gasteiger partial charge >= 0.3 is 6.09 Å². The molecular weight excluding hydrogens is 256 g/mol. The molecule has 2 aliphatic rings. The Morgan fingerprint density at radius 2 is 1.75 bits per heavy atom. The van der Waals surface area contributed by atoms with E-state index in [9.17, 15) is 4.79 Å². The average molecular weight is 284 g/mol. The normalized spacial score (nSPS) is 28.7. The van der Waals surface area contributed by atoms with E-state index in [0.29, 0.717) is 12.1 Å². The molecule has 1 saturated carbocycles. The van der Waals surface area contributed by atoms with Crippen LogP contribution in [0.4, 0.5) is 4.79 Å². The van der Waals surface area contributed by atoms with Crippen molar-refractivity contribution in [3.05, 3.63) is 0 Å². The maximum absolute atomic E-state index is 12.0. The monoisotopic (exact) mass is 284 g/mol. The van der Waals surface area contributed by atoms with Crippen LogP contribution in [0, 0.1) is 0 Å². The Labute approximate surface area is 122 Å². The summed E-state index contributed by atoms with van der Waals surface area (Å²) < 4.78 is 10.9. The summed E-state index contributed by atoms with van der Waals surface area (Å²) in [7, 11) is 1.80. The largest absolute Gasteiger partial charge is 0.444 e. The van der Waals surface area contributed by atoms with Gasteiger partial charge in [-0.2, -0.15) is 0 Å². The number of carbonyl (C=O) groups excluding carboxylic acids is 1. The van der Waals surface area contributed by atoms with E-state index in [0.717, 1.165) is 39.0 Å². The van der Waals surface area contributed by atoms with Crippen LogP contribution in [0.3, 0.4) is 0 Å². The van der Waals surface area contributed by atoms with Gasteiger partial charge in [0.2, 0.25) is 0 Å². The van der Waals surface area contributed by atoms with Crippen molar-refractivity contribution >= 4 is 6.09 Å². The second kappa shape index (κ2) is 6.31. The Bertz CT molecular complexity index is 333. The van der Waals surface area contributed by atoms with E-state index in [1.165, 1.54) is 6.42 Å². The lowest BCUT2D eigenvalue weighted by Crippen LogP contribution is -2.52. The first-order valence-electron chi connectivity index (χ1n) is 7.64. The summed E-state index contributed by atoms with van der Waals surface area (Å²) in [5, 5.41) is 0. The minimum Gasteiger partial charge on any atom is -0.444 e. The van der Waals surface area contributed by atoms with Crippen molar-refractivity contribution in [1.82, 2.24) is 9.80 Å². The Morgan fingerprint density at radius 1 is 1.10 bits per heavy atom. The molecule has 1 saturated heterocycles. The molecule has 2 unspecified atom stereocenters. The fourth-order valence-corrected chi connectivity index (χ4v) is 3.06. The SMILES string of the molecule is COC1CCC(N2CCN(C(=O)OC(C)(C)C)CC2)C1. The van der Waals surface area contributed by atoms with Gasteiger partial charge in [0, 0.05) is 39.3 Å². The first-order chi connectivity index (χ1) is 9.39. The van der Waals surface area contributed by atoms with E-state index >= 15 is 0 Å². The predicted molar refractivity (Wildman–Crippen MR) is 77.8 cm³/mol. The number of rotatable bonds is 2. The Hall–Kier alpha value is -0.810. The number of hydrogen-bond donors (Lipinski definition) is 0. The summed E-state index contributed by atoms with van der Waals surface area (Å²) in [6.07, 6.45) is 3.74. The molecule has 0 N–H and O–H groups in total. The van der Waals surface area contributed by atoms with Crippen LogP contribution >= 0.6 is 0 Å². The summed E-state index contributed by atoms with van der Waals surface area (Å²) in [4.78, 5) is 16.3. The van der Waals surface area contributed by atoms with Crippen molar-refractivity contribution in [2.24, 2.45) is 0 Å². The third kappa shape index (κ3) is 4.09. The Balaban J connectivity index is 1.76. The molecule has 0 aromatic rings. The highest BCUT2D eigenvalue weighted by Gasteiger charge is 2.33. The van der Waals surface area contributed by atoms with Crippen molar-refractivity contribution in [2.75, 3.05) is 33.3 Å². The molecule has 20 heavy (non-hydrogen) atoms. The topological polar surface area (TPSA) is 42.0 Å². The summed E-state index contributed by atoms with van der Waals surface area (Å²) in [5.41, 5.74) is -0.411. The zero-order chi connectivity index (χ0) is 14.8. The quantitative estimate of drug-likeness (QED) is 0.779. The Morgan fingerprint density at radius 3 is 2.25 bits per heavy atom. The Kier molecular flexibility index (Phi) is 4.91.